The van der Waals surface area contributed by atoms with E-state index in [4.69, 9.17) is 0 Å². The van der Waals surface area contributed by atoms with Crippen molar-refractivity contribution in [1.82, 2.24) is 20.1 Å². The van der Waals surface area contributed by atoms with Crippen molar-refractivity contribution in [3.63, 3.8) is 0 Å². The maximum atomic E-state index is 12.9. The van der Waals surface area contributed by atoms with Gasteiger partial charge in [0.15, 0.2) is 5.65 Å². The molecule has 1 fully saturated rings. The molecule has 1 aliphatic rings. The highest BCUT2D eigenvalue weighted by Crippen LogP contribution is 2.40. The number of carbonyl (C=O) groups excluding carboxylic acids is 1. The first-order chi connectivity index (χ1) is 13.0. The number of fused-ring (bicyclic) bond motifs is 1. The molecule has 0 aliphatic heterocycles. The monoisotopic (exact) mass is 365 g/mol. The van der Waals surface area contributed by atoms with Crippen molar-refractivity contribution in [3.05, 3.63) is 63.0 Å². The molecule has 0 radical (unpaired) electrons. The van der Waals surface area contributed by atoms with Crippen molar-refractivity contribution < 1.29 is 9.72 Å². The summed E-state index contributed by atoms with van der Waals surface area (Å²) in [6, 6.07) is 8.24. The van der Waals surface area contributed by atoms with Crippen LogP contribution in [-0.2, 0) is 13.6 Å². The average molecular weight is 365 g/mol. The summed E-state index contributed by atoms with van der Waals surface area (Å²) in [6.45, 7) is 1.93. The first-order valence-corrected chi connectivity index (χ1v) is 8.80. The van der Waals surface area contributed by atoms with Crippen LogP contribution in [0.3, 0.4) is 0 Å². The van der Waals surface area contributed by atoms with Gasteiger partial charge in [-0.1, -0.05) is 18.2 Å². The molecule has 0 atom stereocenters. The first kappa shape index (κ1) is 17.1. The number of rotatable bonds is 5. The van der Waals surface area contributed by atoms with E-state index in [2.05, 4.69) is 15.4 Å². The molecule has 138 valence electrons. The second-order valence-corrected chi connectivity index (χ2v) is 6.85. The molecule has 8 heteroatoms. The van der Waals surface area contributed by atoms with Gasteiger partial charge in [-0.05, 0) is 25.8 Å². The summed E-state index contributed by atoms with van der Waals surface area (Å²) < 4.78 is 1.69. The second-order valence-electron chi connectivity index (χ2n) is 6.85. The molecule has 4 rings (SSSR count). The van der Waals surface area contributed by atoms with Crippen LogP contribution in [0.15, 0.2) is 30.3 Å². The van der Waals surface area contributed by atoms with Crippen LogP contribution in [-0.4, -0.2) is 25.6 Å². The molecule has 3 aromatic rings. The summed E-state index contributed by atoms with van der Waals surface area (Å²) in [7, 11) is 1.81. The fourth-order valence-corrected chi connectivity index (χ4v) is 3.34. The predicted molar refractivity (Wildman–Crippen MR) is 99.5 cm³/mol. The van der Waals surface area contributed by atoms with E-state index < -0.39 is 4.92 Å². The number of hydrogen-bond acceptors (Lipinski definition) is 5. The third-order valence-corrected chi connectivity index (χ3v) is 4.86. The fourth-order valence-electron chi connectivity index (χ4n) is 3.34. The Hall–Kier alpha value is -3.29. The number of para-hydroxylation sites is 1. The van der Waals surface area contributed by atoms with E-state index in [-0.39, 0.29) is 18.1 Å². The van der Waals surface area contributed by atoms with Crippen LogP contribution >= 0.6 is 0 Å². The summed E-state index contributed by atoms with van der Waals surface area (Å²) in [5.74, 6) is 0.116. The maximum Gasteiger partial charge on any atom is 0.274 e. The molecule has 0 bridgehead atoms. The highest BCUT2D eigenvalue weighted by Gasteiger charge is 2.28. The molecule has 1 saturated carbocycles. The van der Waals surface area contributed by atoms with E-state index in [1.165, 1.54) is 6.07 Å². The smallest absolute Gasteiger partial charge is 0.274 e. The van der Waals surface area contributed by atoms with E-state index >= 15 is 0 Å². The standard InChI is InChI=1S/C19H19N5O3/c1-11-17-14(9-15(12-7-8-12)21-18(17)23(2)22-11)19(25)20-10-13-5-3-4-6-16(13)24(26)27/h3-6,9,12H,7-8,10H2,1-2H3,(H,20,25). The van der Waals surface area contributed by atoms with Crippen molar-refractivity contribution in [2.45, 2.75) is 32.2 Å². The fraction of sp³-hybridized carbons (Fsp3) is 0.316. The molecular formula is C19H19N5O3. The Morgan fingerprint density at radius 2 is 2.11 bits per heavy atom. The Morgan fingerprint density at radius 3 is 2.81 bits per heavy atom. The number of amides is 1. The number of nitrogens with zero attached hydrogens (tertiary/aromatic N) is 4. The van der Waals surface area contributed by atoms with E-state index in [1.54, 1.807) is 22.9 Å². The van der Waals surface area contributed by atoms with Gasteiger partial charge in [0.25, 0.3) is 11.6 Å². The Bertz CT molecular complexity index is 1070. The van der Waals surface area contributed by atoms with Crippen molar-refractivity contribution >= 4 is 22.6 Å². The highest BCUT2D eigenvalue weighted by molar-refractivity contribution is 6.06. The predicted octanol–water partition coefficient (Wildman–Crippen LogP) is 2.99. The topological polar surface area (TPSA) is 103 Å². The molecule has 2 heterocycles. The lowest BCUT2D eigenvalue weighted by Gasteiger charge is -2.09. The van der Waals surface area contributed by atoms with E-state index in [1.807, 2.05) is 20.0 Å². The van der Waals surface area contributed by atoms with Gasteiger partial charge in [0, 0.05) is 36.8 Å². The molecule has 27 heavy (non-hydrogen) atoms. The number of nitrogens with one attached hydrogen (secondary N) is 1. The zero-order chi connectivity index (χ0) is 19.1. The number of hydrogen-bond donors (Lipinski definition) is 1. The van der Waals surface area contributed by atoms with Crippen molar-refractivity contribution in [2.24, 2.45) is 7.05 Å². The zero-order valence-electron chi connectivity index (χ0n) is 15.1. The van der Waals surface area contributed by atoms with Crippen LogP contribution in [0, 0.1) is 17.0 Å². The van der Waals surface area contributed by atoms with Gasteiger partial charge in [0.05, 0.1) is 21.6 Å². The van der Waals surface area contributed by atoms with Gasteiger partial charge >= 0.3 is 0 Å². The van der Waals surface area contributed by atoms with Gasteiger partial charge in [-0.15, -0.1) is 0 Å². The quantitative estimate of drug-likeness (QED) is 0.553. The number of aryl methyl sites for hydroxylation is 2. The number of carbonyl (C=O) groups is 1. The minimum absolute atomic E-state index is 0.00565. The van der Waals surface area contributed by atoms with Gasteiger partial charge < -0.3 is 5.32 Å². The molecule has 0 spiro atoms. The number of nitro benzene ring substituents is 1. The Kier molecular flexibility index (Phi) is 4.10. The molecule has 1 aromatic carbocycles. The van der Waals surface area contributed by atoms with Crippen LogP contribution in [0.2, 0.25) is 0 Å². The Labute approximate surface area is 155 Å². The molecule has 2 aromatic heterocycles. The average Bonchev–Trinajstić information content (AvgIpc) is 3.46. The van der Waals surface area contributed by atoms with Gasteiger partial charge in [-0.25, -0.2) is 4.98 Å². The highest BCUT2D eigenvalue weighted by atomic mass is 16.6. The lowest BCUT2D eigenvalue weighted by Crippen LogP contribution is -2.24. The SMILES string of the molecule is Cc1nn(C)c2nc(C3CC3)cc(C(=O)NCc3ccccc3[N+](=O)[O-])c12. The number of nitro groups is 1. The largest absolute Gasteiger partial charge is 0.348 e. The molecule has 1 aliphatic carbocycles. The molecular weight excluding hydrogens is 346 g/mol. The number of pyridine rings is 1. The van der Waals surface area contributed by atoms with E-state index in [0.717, 1.165) is 29.6 Å². The summed E-state index contributed by atoms with van der Waals surface area (Å²) in [5.41, 5.74) is 3.30. The minimum atomic E-state index is -0.442. The van der Waals surface area contributed by atoms with Crippen molar-refractivity contribution in [3.8, 4) is 0 Å². The number of benzene rings is 1. The third-order valence-electron chi connectivity index (χ3n) is 4.86. The van der Waals surface area contributed by atoms with Crippen molar-refractivity contribution in [2.75, 3.05) is 0 Å². The third kappa shape index (κ3) is 3.14. The van der Waals surface area contributed by atoms with Crippen LogP contribution in [0.25, 0.3) is 11.0 Å². The Morgan fingerprint density at radius 1 is 1.37 bits per heavy atom. The normalized spacial score (nSPS) is 13.7. The molecule has 0 unspecified atom stereocenters. The van der Waals surface area contributed by atoms with Gasteiger partial charge in [-0.3, -0.25) is 19.6 Å². The molecule has 1 N–H and O–H groups in total. The first-order valence-electron chi connectivity index (χ1n) is 8.80. The van der Waals surface area contributed by atoms with Gasteiger partial charge in [-0.2, -0.15) is 5.10 Å². The Balaban J connectivity index is 1.68. The summed E-state index contributed by atoms with van der Waals surface area (Å²) >= 11 is 0. The molecule has 0 saturated heterocycles. The molecule has 8 nitrogen and oxygen atoms in total. The zero-order valence-corrected chi connectivity index (χ0v) is 15.1. The maximum absolute atomic E-state index is 12.9. The summed E-state index contributed by atoms with van der Waals surface area (Å²) in [6.07, 6.45) is 2.15. The lowest BCUT2D eigenvalue weighted by molar-refractivity contribution is -0.385. The minimum Gasteiger partial charge on any atom is -0.348 e. The van der Waals surface area contributed by atoms with Crippen LogP contribution in [0.1, 0.15) is 46.1 Å². The van der Waals surface area contributed by atoms with Gasteiger partial charge in [0.1, 0.15) is 0 Å². The molecule has 1 amide bonds. The van der Waals surface area contributed by atoms with E-state index in [9.17, 15) is 14.9 Å². The van der Waals surface area contributed by atoms with E-state index in [0.29, 0.717) is 22.7 Å². The van der Waals surface area contributed by atoms with Gasteiger partial charge in [0.2, 0.25) is 0 Å². The van der Waals surface area contributed by atoms with Crippen molar-refractivity contribution in [1.29, 1.82) is 0 Å². The van der Waals surface area contributed by atoms with Crippen LogP contribution in [0.4, 0.5) is 5.69 Å². The second kappa shape index (κ2) is 6.46. The van der Waals surface area contributed by atoms with Crippen LogP contribution in [0.5, 0.6) is 0 Å². The lowest BCUT2D eigenvalue weighted by atomic mass is 10.1. The van der Waals surface area contributed by atoms with Crippen LogP contribution < -0.4 is 5.32 Å². The summed E-state index contributed by atoms with van der Waals surface area (Å²) in [4.78, 5) is 28.3. The number of aromatic nitrogens is 3. The summed E-state index contributed by atoms with van der Waals surface area (Å²) in [5, 5.41) is 19.1.